The molecule has 3 nitrogen and oxygen atoms in total. The molecule has 1 aromatic rings. The number of rotatable bonds is 2. The zero-order valence-corrected chi connectivity index (χ0v) is 8.63. The van der Waals surface area contributed by atoms with Crippen LogP contribution in [0, 0.1) is 11.3 Å². The summed E-state index contributed by atoms with van der Waals surface area (Å²) < 4.78 is 37.7. The van der Waals surface area contributed by atoms with Crippen molar-refractivity contribution in [3.63, 3.8) is 0 Å². The van der Waals surface area contributed by atoms with Gasteiger partial charge in [-0.25, -0.2) is 0 Å². The Morgan fingerprint density at radius 1 is 1.41 bits per heavy atom. The molecule has 1 rings (SSSR count). The first-order valence-corrected chi connectivity index (χ1v) is 4.42. The third kappa shape index (κ3) is 2.50. The van der Waals surface area contributed by atoms with Crippen LogP contribution in [0.4, 0.5) is 13.2 Å². The molecule has 0 saturated heterocycles. The lowest BCUT2D eigenvalue weighted by Crippen LogP contribution is -2.11. The van der Waals surface area contributed by atoms with E-state index in [2.05, 4.69) is 0 Å². The number of aldehydes is 1. The Kier molecular flexibility index (Phi) is 3.32. The lowest BCUT2D eigenvalue weighted by Gasteiger charge is -2.11. The zero-order valence-electron chi connectivity index (χ0n) is 8.63. The van der Waals surface area contributed by atoms with E-state index in [0.29, 0.717) is 6.07 Å². The largest absolute Gasteiger partial charge is 0.417 e. The number of alkyl halides is 3. The highest BCUT2D eigenvalue weighted by Gasteiger charge is 2.34. The van der Waals surface area contributed by atoms with Gasteiger partial charge >= 0.3 is 6.18 Å². The fraction of sp³-hybridized carbons (Fsp3) is 0.182. The summed E-state index contributed by atoms with van der Waals surface area (Å²) in [6.45, 7) is 1.05. The third-order valence-corrected chi connectivity index (χ3v) is 2.12. The van der Waals surface area contributed by atoms with E-state index >= 15 is 0 Å². The smallest absolute Gasteiger partial charge is 0.298 e. The van der Waals surface area contributed by atoms with Gasteiger partial charge in [-0.2, -0.15) is 18.4 Å². The molecule has 0 unspecified atom stereocenters. The van der Waals surface area contributed by atoms with Crippen LogP contribution in [0.3, 0.4) is 0 Å². The van der Waals surface area contributed by atoms with Gasteiger partial charge in [0.05, 0.1) is 17.2 Å². The van der Waals surface area contributed by atoms with Gasteiger partial charge in [-0.05, 0) is 19.1 Å². The fourth-order valence-corrected chi connectivity index (χ4v) is 1.35. The topological polar surface area (TPSA) is 57.9 Å². The number of benzene rings is 1. The van der Waals surface area contributed by atoms with E-state index in [9.17, 15) is 22.8 Å². The van der Waals surface area contributed by atoms with Crippen LogP contribution in [-0.4, -0.2) is 12.1 Å². The summed E-state index contributed by atoms with van der Waals surface area (Å²) in [6, 6.07) is 2.66. The van der Waals surface area contributed by atoms with Crippen LogP contribution in [0.15, 0.2) is 12.1 Å². The van der Waals surface area contributed by atoms with Crippen molar-refractivity contribution in [1.82, 2.24) is 0 Å². The number of carbonyl (C=O) groups is 2. The highest BCUT2D eigenvalue weighted by atomic mass is 19.4. The lowest BCUT2D eigenvalue weighted by molar-refractivity contribution is -0.137. The van der Waals surface area contributed by atoms with E-state index in [4.69, 9.17) is 5.26 Å². The maximum atomic E-state index is 12.6. The normalized spacial score (nSPS) is 10.8. The summed E-state index contributed by atoms with van der Waals surface area (Å²) in [6.07, 6.45) is -4.49. The quantitative estimate of drug-likeness (QED) is 0.590. The van der Waals surface area contributed by atoms with Gasteiger partial charge < -0.3 is 0 Å². The number of hydrogen-bond donors (Lipinski definition) is 0. The predicted octanol–water partition coefficient (Wildman–Crippen LogP) is 2.59. The Morgan fingerprint density at radius 3 is 2.35 bits per heavy atom. The molecule has 0 fully saturated rings. The minimum absolute atomic E-state index is 0.220. The Morgan fingerprint density at radius 2 is 2.00 bits per heavy atom. The Balaban J connectivity index is 3.63. The molecule has 0 atom stereocenters. The molecule has 0 amide bonds. The summed E-state index contributed by atoms with van der Waals surface area (Å²) in [4.78, 5) is 21.7. The molecule has 0 spiro atoms. The van der Waals surface area contributed by atoms with Crippen molar-refractivity contribution in [3.8, 4) is 6.07 Å². The van der Waals surface area contributed by atoms with Gasteiger partial charge in [0.15, 0.2) is 12.1 Å². The summed E-state index contributed by atoms with van der Waals surface area (Å²) in [5, 5.41) is 8.58. The Hall–Kier alpha value is -2.16. The SMILES string of the molecule is CC(=O)c1cc(C(F)(F)F)c(C#N)cc1C=O. The number of nitriles is 1. The van der Waals surface area contributed by atoms with Crippen LogP contribution < -0.4 is 0 Å². The van der Waals surface area contributed by atoms with Crippen LogP contribution in [0.1, 0.15) is 38.8 Å². The molecular weight excluding hydrogens is 235 g/mol. The molecule has 0 N–H and O–H groups in total. The van der Waals surface area contributed by atoms with E-state index in [1.807, 2.05) is 0 Å². The molecule has 0 aliphatic carbocycles. The van der Waals surface area contributed by atoms with Gasteiger partial charge in [0.25, 0.3) is 0 Å². The van der Waals surface area contributed by atoms with Crippen LogP contribution in [0.5, 0.6) is 0 Å². The molecule has 0 bridgehead atoms. The number of Topliss-reactive ketones (excluding diaryl/α,β-unsaturated/α-hetero) is 1. The summed E-state index contributed by atoms with van der Waals surface area (Å²) in [7, 11) is 0. The van der Waals surface area contributed by atoms with Crippen LogP contribution in [-0.2, 0) is 6.18 Å². The molecule has 0 aliphatic rings. The number of ketones is 1. The average Bonchev–Trinajstić information content (AvgIpc) is 2.25. The monoisotopic (exact) mass is 241 g/mol. The second kappa shape index (κ2) is 4.37. The zero-order chi connectivity index (χ0) is 13.2. The Bertz CT molecular complexity index is 527. The standard InChI is InChI=1S/C11H6F3NO2/c1-6(17)9-3-10(11(12,13)14)7(4-15)2-8(9)5-16/h2-3,5H,1H3. The molecule has 6 heteroatoms. The highest BCUT2D eigenvalue weighted by molar-refractivity contribution is 6.01. The highest BCUT2D eigenvalue weighted by Crippen LogP contribution is 2.33. The lowest BCUT2D eigenvalue weighted by atomic mass is 9.97. The van der Waals surface area contributed by atoms with E-state index in [0.717, 1.165) is 13.0 Å². The van der Waals surface area contributed by atoms with Crippen molar-refractivity contribution in [3.05, 3.63) is 34.4 Å². The van der Waals surface area contributed by atoms with Crippen molar-refractivity contribution >= 4 is 12.1 Å². The second-order valence-corrected chi connectivity index (χ2v) is 3.27. The number of carbonyl (C=O) groups excluding carboxylic acids is 2. The third-order valence-electron chi connectivity index (χ3n) is 2.12. The summed E-state index contributed by atoms with van der Waals surface area (Å²) in [5.41, 5.74) is -2.45. The van der Waals surface area contributed by atoms with Gasteiger partial charge in [-0.3, -0.25) is 9.59 Å². The summed E-state index contributed by atoms with van der Waals surface area (Å²) in [5.74, 6) is -0.665. The van der Waals surface area contributed by atoms with Crippen molar-refractivity contribution in [1.29, 1.82) is 5.26 Å². The van der Waals surface area contributed by atoms with Gasteiger partial charge in [0.1, 0.15) is 0 Å². The van der Waals surface area contributed by atoms with Crippen molar-refractivity contribution in [2.75, 3.05) is 0 Å². The van der Waals surface area contributed by atoms with Gasteiger partial charge in [0.2, 0.25) is 0 Å². The average molecular weight is 241 g/mol. The maximum absolute atomic E-state index is 12.6. The number of nitrogens with zero attached hydrogens (tertiary/aromatic N) is 1. The van der Waals surface area contributed by atoms with E-state index in [-0.39, 0.29) is 17.4 Å². The first kappa shape index (κ1) is 12.9. The molecule has 0 aliphatic heterocycles. The van der Waals surface area contributed by atoms with Gasteiger partial charge in [-0.15, -0.1) is 0 Å². The minimum atomic E-state index is -4.74. The first-order chi connectivity index (χ1) is 7.81. The van der Waals surface area contributed by atoms with Crippen molar-refractivity contribution < 1.29 is 22.8 Å². The molecule has 1 aromatic carbocycles. The molecule has 0 saturated carbocycles. The number of hydrogen-bond acceptors (Lipinski definition) is 3. The second-order valence-electron chi connectivity index (χ2n) is 3.27. The van der Waals surface area contributed by atoms with Crippen LogP contribution in [0.2, 0.25) is 0 Å². The summed E-state index contributed by atoms with van der Waals surface area (Å²) >= 11 is 0. The maximum Gasteiger partial charge on any atom is 0.417 e. The van der Waals surface area contributed by atoms with Crippen LogP contribution >= 0.6 is 0 Å². The van der Waals surface area contributed by atoms with E-state index in [1.54, 1.807) is 0 Å². The van der Waals surface area contributed by atoms with E-state index in [1.165, 1.54) is 6.07 Å². The molecular formula is C11H6F3NO2. The molecule has 0 aromatic heterocycles. The Labute approximate surface area is 94.5 Å². The molecule has 88 valence electrons. The van der Waals surface area contributed by atoms with Gasteiger partial charge in [0, 0.05) is 11.1 Å². The minimum Gasteiger partial charge on any atom is -0.298 e. The fourth-order valence-electron chi connectivity index (χ4n) is 1.35. The molecule has 0 radical (unpaired) electrons. The first-order valence-electron chi connectivity index (χ1n) is 4.42. The van der Waals surface area contributed by atoms with Crippen LogP contribution in [0.25, 0.3) is 0 Å². The van der Waals surface area contributed by atoms with Gasteiger partial charge in [-0.1, -0.05) is 0 Å². The molecule has 0 heterocycles. The predicted molar refractivity (Wildman–Crippen MR) is 51.6 cm³/mol. The van der Waals surface area contributed by atoms with E-state index < -0.39 is 23.1 Å². The number of halogens is 3. The van der Waals surface area contributed by atoms with Crippen molar-refractivity contribution in [2.45, 2.75) is 13.1 Å². The van der Waals surface area contributed by atoms with Crippen molar-refractivity contribution in [2.24, 2.45) is 0 Å². The molecule has 17 heavy (non-hydrogen) atoms.